The average molecular weight is 310 g/mol. The van der Waals surface area contributed by atoms with E-state index in [-0.39, 0.29) is 18.5 Å². The van der Waals surface area contributed by atoms with E-state index >= 15 is 0 Å². The molecule has 0 aliphatic carbocycles. The summed E-state index contributed by atoms with van der Waals surface area (Å²) in [5.74, 6) is 0.365. The van der Waals surface area contributed by atoms with Crippen molar-refractivity contribution in [2.24, 2.45) is 0 Å². The Morgan fingerprint density at radius 2 is 1.91 bits per heavy atom. The summed E-state index contributed by atoms with van der Waals surface area (Å²) < 4.78 is 12.1. The van der Waals surface area contributed by atoms with Gasteiger partial charge in [-0.05, 0) is 27.7 Å². The number of nitrogens with zero attached hydrogens (tertiary/aromatic N) is 4. The lowest BCUT2D eigenvalue weighted by atomic mass is 10.2. The second kappa shape index (κ2) is 6.33. The summed E-state index contributed by atoms with van der Waals surface area (Å²) in [7, 11) is 0. The highest BCUT2D eigenvalue weighted by molar-refractivity contribution is 5.85. The smallest absolute Gasteiger partial charge is 0.410 e. The van der Waals surface area contributed by atoms with E-state index in [1.807, 2.05) is 20.8 Å². The van der Waals surface area contributed by atoms with Gasteiger partial charge in [0.05, 0.1) is 6.61 Å². The number of hydrogen-bond donors (Lipinski definition) is 0. The van der Waals surface area contributed by atoms with Crippen LogP contribution in [0.1, 0.15) is 44.1 Å². The number of ether oxygens (including phenoxy) is 2. The lowest BCUT2D eigenvalue weighted by Gasteiger charge is -2.26. The van der Waals surface area contributed by atoms with Gasteiger partial charge < -0.3 is 18.9 Å². The molecule has 0 N–H and O–H groups in total. The summed E-state index contributed by atoms with van der Waals surface area (Å²) in [4.78, 5) is 25.6. The summed E-state index contributed by atoms with van der Waals surface area (Å²) in [5, 5.41) is 7.91. The topological polar surface area (TPSA) is 86.5 Å². The molecule has 0 unspecified atom stereocenters. The van der Waals surface area contributed by atoms with Crippen molar-refractivity contribution in [3.05, 3.63) is 11.6 Å². The van der Waals surface area contributed by atoms with E-state index in [1.165, 1.54) is 0 Å². The van der Waals surface area contributed by atoms with Crippen LogP contribution in [0.3, 0.4) is 0 Å². The van der Waals surface area contributed by atoms with Crippen LogP contribution in [-0.2, 0) is 22.4 Å². The number of carbonyl (C=O) groups excluding carboxylic acids is 2. The third-order valence-electron chi connectivity index (χ3n) is 3.14. The Morgan fingerprint density at radius 1 is 1.18 bits per heavy atom. The second-order valence-electron chi connectivity index (χ2n) is 6.03. The van der Waals surface area contributed by atoms with Crippen LogP contribution >= 0.6 is 0 Å². The van der Waals surface area contributed by atoms with E-state index in [4.69, 9.17) is 9.47 Å². The van der Waals surface area contributed by atoms with Crippen LogP contribution in [0.4, 0.5) is 4.79 Å². The summed E-state index contributed by atoms with van der Waals surface area (Å²) in [5.41, 5.74) is -0.533. The van der Waals surface area contributed by atoms with Gasteiger partial charge in [-0.15, -0.1) is 10.2 Å². The van der Waals surface area contributed by atoms with Gasteiger partial charge >= 0.3 is 12.1 Å². The zero-order valence-electron chi connectivity index (χ0n) is 13.5. The molecule has 1 amide bonds. The molecule has 1 aliphatic rings. The van der Waals surface area contributed by atoms with E-state index < -0.39 is 11.6 Å². The maximum atomic E-state index is 12.1. The third kappa shape index (κ3) is 3.75. The zero-order chi connectivity index (χ0) is 16.3. The molecule has 0 aromatic carbocycles. The Morgan fingerprint density at radius 3 is 2.55 bits per heavy atom. The van der Waals surface area contributed by atoms with Crippen LogP contribution in [0.15, 0.2) is 0 Å². The van der Waals surface area contributed by atoms with Crippen molar-refractivity contribution in [3.8, 4) is 0 Å². The van der Waals surface area contributed by atoms with E-state index in [0.29, 0.717) is 31.9 Å². The summed E-state index contributed by atoms with van der Waals surface area (Å²) in [6.45, 7) is 8.87. The van der Waals surface area contributed by atoms with Crippen LogP contribution in [0, 0.1) is 0 Å². The molecular formula is C14H22N4O4. The van der Waals surface area contributed by atoms with Gasteiger partial charge in [0.25, 0.3) is 0 Å². The molecule has 1 aromatic rings. The van der Waals surface area contributed by atoms with Crippen molar-refractivity contribution in [3.63, 3.8) is 0 Å². The first kappa shape index (κ1) is 16.3. The van der Waals surface area contributed by atoms with Crippen molar-refractivity contribution in [1.29, 1.82) is 0 Å². The van der Waals surface area contributed by atoms with Gasteiger partial charge in [-0.25, -0.2) is 9.59 Å². The molecule has 0 radical (unpaired) electrons. The van der Waals surface area contributed by atoms with Gasteiger partial charge in [-0.2, -0.15) is 0 Å². The second-order valence-corrected chi connectivity index (χ2v) is 6.03. The monoisotopic (exact) mass is 310 g/mol. The van der Waals surface area contributed by atoms with Crippen LogP contribution in [0.2, 0.25) is 0 Å². The number of rotatable bonds is 2. The van der Waals surface area contributed by atoms with Gasteiger partial charge in [-0.3, -0.25) is 0 Å². The standard InChI is InChI=1S/C14H22N4O4/c1-5-21-12(19)11-16-15-10-6-7-17(8-9-18(10)11)13(20)22-14(2,3)4/h5-9H2,1-4H3. The molecule has 8 heteroatoms. The maximum absolute atomic E-state index is 12.1. The average Bonchev–Trinajstić information content (AvgIpc) is 2.69. The molecule has 122 valence electrons. The van der Waals surface area contributed by atoms with E-state index in [9.17, 15) is 9.59 Å². The van der Waals surface area contributed by atoms with Crippen molar-refractivity contribution in [1.82, 2.24) is 19.7 Å². The zero-order valence-corrected chi connectivity index (χ0v) is 13.5. The van der Waals surface area contributed by atoms with E-state index in [1.54, 1.807) is 16.4 Å². The molecule has 0 spiro atoms. The van der Waals surface area contributed by atoms with Gasteiger partial charge in [-0.1, -0.05) is 0 Å². The van der Waals surface area contributed by atoms with Crippen molar-refractivity contribution in [2.45, 2.75) is 46.3 Å². The number of fused-ring (bicyclic) bond motifs is 1. The lowest BCUT2D eigenvalue weighted by Crippen LogP contribution is -2.38. The van der Waals surface area contributed by atoms with Crippen molar-refractivity contribution in [2.75, 3.05) is 19.7 Å². The fourth-order valence-corrected chi connectivity index (χ4v) is 2.18. The highest BCUT2D eigenvalue weighted by Gasteiger charge is 2.27. The predicted molar refractivity (Wildman–Crippen MR) is 77.5 cm³/mol. The fraction of sp³-hybridized carbons (Fsp3) is 0.714. The first-order valence-corrected chi connectivity index (χ1v) is 7.39. The Kier molecular flexibility index (Phi) is 4.68. The highest BCUT2D eigenvalue weighted by atomic mass is 16.6. The molecule has 1 aromatic heterocycles. The Hall–Kier alpha value is -2.12. The van der Waals surface area contributed by atoms with Gasteiger partial charge in [0.2, 0.25) is 5.82 Å². The molecule has 0 bridgehead atoms. The molecule has 0 atom stereocenters. The first-order chi connectivity index (χ1) is 10.3. The van der Waals surface area contributed by atoms with E-state index in [0.717, 1.165) is 0 Å². The quantitative estimate of drug-likeness (QED) is 0.764. The van der Waals surface area contributed by atoms with Crippen LogP contribution < -0.4 is 0 Å². The minimum Gasteiger partial charge on any atom is -0.460 e. The Balaban J connectivity index is 2.08. The first-order valence-electron chi connectivity index (χ1n) is 7.39. The van der Waals surface area contributed by atoms with Crippen molar-refractivity contribution >= 4 is 12.1 Å². The fourth-order valence-electron chi connectivity index (χ4n) is 2.18. The number of hydrogen-bond acceptors (Lipinski definition) is 6. The molecule has 1 aliphatic heterocycles. The maximum Gasteiger partial charge on any atom is 0.410 e. The normalized spacial score (nSPS) is 15.0. The van der Waals surface area contributed by atoms with Crippen LogP contribution in [0.25, 0.3) is 0 Å². The minimum atomic E-state index is -0.533. The molecule has 2 heterocycles. The minimum absolute atomic E-state index is 0.183. The Labute approximate surface area is 129 Å². The summed E-state index contributed by atoms with van der Waals surface area (Å²) in [6, 6.07) is 0. The summed E-state index contributed by atoms with van der Waals surface area (Å²) in [6.07, 6.45) is 0.162. The van der Waals surface area contributed by atoms with Gasteiger partial charge in [0, 0.05) is 26.1 Å². The van der Waals surface area contributed by atoms with Crippen LogP contribution in [-0.4, -0.2) is 57.0 Å². The van der Waals surface area contributed by atoms with Gasteiger partial charge in [0.1, 0.15) is 11.4 Å². The molecule has 0 saturated carbocycles. The molecule has 0 fully saturated rings. The van der Waals surface area contributed by atoms with E-state index in [2.05, 4.69) is 10.2 Å². The largest absolute Gasteiger partial charge is 0.460 e. The molecule has 0 saturated heterocycles. The number of esters is 1. The SMILES string of the molecule is CCOC(=O)c1nnc2n1CCN(C(=O)OC(C)(C)C)CC2. The molecule has 8 nitrogen and oxygen atoms in total. The lowest BCUT2D eigenvalue weighted by molar-refractivity contribution is 0.0254. The van der Waals surface area contributed by atoms with Crippen molar-refractivity contribution < 1.29 is 19.1 Å². The molecule has 22 heavy (non-hydrogen) atoms. The highest BCUT2D eigenvalue weighted by Crippen LogP contribution is 2.14. The number of carbonyl (C=O) groups is 2. The number of amides is 1. The van der Waals surface area contributed by atoms with Crippen LogP contribution in [0.5, 0.6) is 0 Å². The third-order valence-corrected chi connectivity index (χ3v) is 3.14. The molecular weight excluding hydrogens is 288 g/mol. The molecule has 2 rings (SSSR count). The number of aromatic nitrogens is 3. The predicted octanol–water partition coefficient (Wildman–Crippen LogP) is 1.25. The summed E-state index contributed by atoms with van der Waals surface area (Å²) >= 11 is 0. The Bertz CT molecular complexity index is 562. The van der Waals surface area contributed by atoms with Gasteiger partial charge in [0.15, 0.2) is 0 Å².